The molecule has 1 aromatic heterocycles. The van der Waals surface area contributed by atoms with Gasteiger partial charge in [0.05, 0.1) is 5.56 Å². The molecule has 0 saturated carbocycles. The lowest BCUT2D eigenvalue weighted by Crippen LogP contribution is -2.28. The number of hydrogen-bond donors (Lipinski definition) is 2. The molecule has 28 heavy (non-hydrogen) atoms. The van der Waals surface area contributed by atoms with Gasteiger partial charge in [-0.2, -0.15) is 0 Å². The van der Waals surface area contributed by atoms with Crippen molar-refractivity contribution in [2.75, 3.05) is 11.9 Å². The van der Waals surface area contributed by atoms with Gasteiger partial charge in [-0.05, 0) is 36.2 Å². The van der Waals surface area contributed by atoms with Crippen LogP contribution in [-0.2, 0) is 9.59 Å². The van der Waals surface area contributed by atoms with Gasteiger partial charge in [-0.15, -0.1) is 11.3 Å². The van der Waals surface area contributed by atoms with Crippen LogP contribution < -0.4 is 15.8 Å². The second-order valence-corrected chi connectivity index (χ2v) is 7.12. The van der Waals surface area contributed by atoms with Crippen LogP contribution in [0.5, 0.6) is 5.75 Å². The van der Waals surface area contributed by atoms with Crippen molar-refractivity contribution in [1.82, 2.24) is 0 Å². The molecule has 2 amide bonds. The fourth-order valence-electron chi connectivity index (χ4n) is 2.50. The number of benzene rings is 2. The van der Waals surface area contributed by atoms with E-state index in [-0.39, 0.29) is 10.6 Å². The Hall–Kier alpha value is -3.45. The van der Waals surface area contributed by atoms with E-state index in [0.717, 1.165) is 16.0 Å². The topological polar surface area (TPSA) is 98.5 Å². The third-order valence-electron chi connectivity index (χ3n) is 3.90. The van der Waals surface area contributed by atoms with Gasteiger partial charge in [-0.1, -0.05) is 42.5 Å². The number of anilines is 1. The number of aryl methyl sites for hydroxylation is 1. The van der Waals surface area contributed by atoms with Gasteiger partial charge in [0, 0.05) is 4.88 Å². The van der Waals surface area contributed by atoms with Crippen molar-refractivity contribution < 1.29 is 19.1 Å². The zero-order chi connectivity index (χ0) is 20.1. The molecule has 3 rings (SSSR count). The van der Waals surface area contributed by atoms with Crippen LogP contribution in [-0.4, -0.2) is 24.2 Å². The molecule has 1 heterocycles. The highest BCUT2D eigenvalue weighted by Crippen LogP contribution is 2.35. The zero-order valence-corrected chi connectivity index (χ0v) is 15.9. The van der Waals surface area contributed by atoms with E-state index < -0.39 is 24.2 Å². The number of ether oxygens (including phenoxy) is 1. The van der Waals surface area contributed by atoms with E-state index >= 15 is 0 Å². The number of thiophene rings is 1. The van der Waals surface area contributed by atoms with E-state index in [1.165, 1.54) is 11.3 Å². The van der Waals surface area contributed by atoms with Crippen LogP contribution >= 0.6 is 11.3 Å². The van der Waals surface area contributed by atoms with E-state index in [1.807, 2.05) is 43.3 Å². The molecule has 7 heteroatoms. The average molecular weight is 394 g/mol. The summed E-state index contributed by atoms with van der Waals surface area (Å²) in [7, 11) is 0. The summed E-state index contributed by atoms with van der Waals surface area (Å²) in [4.78, 5) is 36.8. The Balaban J connectivity index is 1.71. The molecule has 3 N–H and O–H groups in total. The average Bonchev–Trinajstić information content (AvgIpc) is 3.11. The Morgan fingerprint density at radius 3 is 2.46 bits per heavy atom. The Bertz CT molecular complexity index is 1030. The van der Waals surface area contributed by atoms with Gasteiger partial charge in [0.15, 0.2) is 6.61 Å². The number of ketones is 1. The molecule has 0 bridgehead atoms. The third kappa shape index (κ3) is 4.63. The molecule has 0 spiro atoms. The molecule has 0 saturated heterocycles. The fourth-order valence-corrected chi connectivity index (χ4v) is 3.57. The molecule has 0 aliphatic rings. The summed E-state index contributed by atoms with van der Waals surface area (Å²) in [5.41, 5.74) is 7.43. The van der Waals surface area contributed by atoms with Crippen LogP contribution in [0.15, 0.2) is 60.7 Å². The van der Waals surface area contributed by atoms with Gasteiger partial charge < -0.3 is 15.8 Å². The molecular formula is C21H18N2O4S. The number of carbonyl (C=O) groups excluding carboxylic acids is 3. The van der Waals surface area contributed by atoms with Crippen LogP contribution in [0.2, 0.25) is 0 Å². The van der Waals surface area contributed by atoms with E-state index in [9.17, 15) is 14.4 Å². The first-order valence-corrected chi connectivity index (χ1v) is 9.28. The summed E-state index contributed by atoms with van der Waals surface area (Å²) in [6, 6.07) is 18.1. The summed E-state index contributed by atoms with van der Waals surface area (Å²) < 4.78 is 5.36. The summed E-state index contributed by atoms with van der Waals surface area (Å²) in [6.45, 7) is 1.49. The van der Waals surface area contributed by atoms with Crippen molar-refractivity contribution in [2.24, 2.45) is 5.73 Å². The minimum atomic E-state index is -0.864. The number of nitrogens with one attached hydrogen (secondary N) is 1. The molecular weight excluding hydrogens is 376 g/mol. The van der Waals surface area contributed by atoms with Gasteiger partial charge in [0.2, 0.25) is 0 Å². The fraction of sp³-hybridized carbons (Fsp3) is 0.0952. The van der Waals surface area contributed by atoms with E-state index in [4.69, 9.17) is 10.5 Å². The molecule has 6 nitrogen and oxygen atoms in total. The summed E-state index contributed by atoms with van der Waals surface area (Å²) in [5, 5.41) is 2.72. The Morgan fingerprint density at radius 2 is 1.79 bits per heavy atom. The minimum Gasteiger partial charge on any atom is -0.485 e. The van der Waals surface area contributed by atoms with Gasteiger partial charge >= 0.3 is 0 Å². The molecule has 0 aliphatic heterocycles. The SMILES string of the molecule is Cc1cccc(OCC(=O)C(=O)Nc2sc(-c3ccccc3)cc2C(N)=O)c1. The number of nitrogens with two attached hydrogens (primary N) is 1. The summed E-state index contributed by atoms with van der Waals surface area (Å²) in [6.07, 6.45) is 0. The maximum atomic E-state index is 12.2. The van der Waals surface area contributed by atoms with Crippen molar-refractivity contribution in [3.05, 3.63) is 71.8 Å². The van der Waals surface area contributed by atoms with Crippen LogP contribution in [0.1, 0.15) is 15.9 Å². The van der Waals surface area contributed by atoms with Gasteiger partial charge in [-0.3, -0.25) is 14.4 Å². The van der Waals surface area contributed by atoms with Crippen molar-refractivity contribution >= 4 is 33.9 Å². The Morgan fingerprint density at radius 1 is 1.04 bits per heavy atom. The zero-order valence-electron chi connectivity index (χ0n) is 15.1. The molecule has 0 unspecified atom stereocenters. The predicted octanol–water partition coefficient (Wildman–Crippen LogP) is 3.41. The van der Waals surface area contributed by atoms with Crippen molar-refractivity contribution in [2.45, 2.75) is 6.92 Å². The highest BCUT2D eigenvalue weighted by atomic mass is 32.1. The number of Topliss-reactive ketones (excluding diaryl/α,β-unsaturated/α-hetero) is 1. The van der Waals surface area contributed by atoms with Crippen LogP contribution in [0.25, 0.3) is 10.4 Å². The normalized spacial score (nSPS) is 10.3. The maximum absolute atomic E-state index is 12.2. The largest absolute Gasteiger partial charge is 0.485 e. The first-order chi connectivity index (χ1) is 13.4. The molecule has 0 radical (unpaired) electrons. The quantitative estimate of drug-likeness (QED) is 0.600. The number of amides is 2. The second-order valence-electron chi connectivity index (χ2n) is 6.07. The lowest BCUT2D eigenvalue weighted by molar-refractivity contribution is -0.136. The predicted molar refractivity (Wildman–Crippen MR) is 109 cm³/mol. The van der Waals surface area contributed by atoms with Crippen LogP contribution in [0, 0.1) is 6.92 Å². The van der Waals surface area contributed by atoms with Gasteiger partial charge in [0.25, 0.3) is 17.6 Å². The second kappa shape index (κ2) is 8.49. The molecule has 142 valence electrons. The molecule has 2 aromatic carbocycles. The van der Waals surface area contributed by atoms with Gasteiger partial charge in [-0.25, -0.2) is 0 Å². The number of carbonyl (C=O) groups is 3. The number of primary amides is 1. The molecule has 3 aromatic rings. The maximum Gasteiger partial charge on any atom is 0.296 e. The lowest BCUT2D eigenvalue weighted by Gasteiger charge is -2.07. The summed E-state index contributed by atoms with van der Waals surface area (Å²) >= 11 is 1.18. The van der Waals surface area contributed by atoms with Crippen molar-refractivity contribution in [3.63, 3.8) is 0 Å². The molecule has 0 aliphatic carbocycles. The Kier molecular flexibility index (Phi) is 5.86. The van der Waals surface area contributed by atoms with Crippen LogP contribution in [0.4, 0.5) is 5.00 Å². The van der Waals surface area contributed by atoms with Crippen molar-refractivity contribution in [1.29, 1.82) is 0 Å². The smallest absolute Gasteiger partial charge is 0.296 e. The monoisotopic (exact) mass is 394 g/mol. The summed E-state index contributed by atoms with van der Waals surface area (Å²) in [5.74, 6) is -1.80. The third-order valence-corrected chi connectivity index (χ3v) is 5.00. The van der Waals surface area contributed by atoms with Gasteiger partial charge in [0.1, 0.15) is 10.8 Å². The number of hydrogen-bond acceptors (Lipinski definition) is 5. The van der Waals surface area contributed by atoms with E-state index in [0.29, 0.717) is 5.75 Å². The minimum absolute atomic E-state index is 0.157. The van der Waals surface area contributed by atoms with Crippen LogP contribution in [0.3, 0.4) is 0 Å². The molecule has 0 fully saturated rings. The van der Waals surface area contributed by atoms with E-state index in [1.54, 1.807) is 24.3 Å². The van der Waals surface area contributed by atoms with E-state index in [2.05, 4.69) is 5.32 Å². The highest BCUT2D eigenvalue weighted by Gasteiger charge is 2.21. The standard InChI is InChI=1S/C21H18N2O4S/c1-13-6-5-9-15(10-13)27-12-17(24)20(26)23-21-16(19(22)25)11-18(28-21)14-7-3-2-4-8-14/h2-11H,12H2,1H3,(H2,22,25)(H,23,26). The molecule has 0 atom stereocenters. The first kappa shape index (κ1) is 19.3. The highest BCUT2D eigenvalue weighted by molar-refractivity contribution is 7.20. The van der Waals surface area contributed by atoms with Crippen molar-refractivity contribution in [3.8, 4) is 16.2 Å². The number of rotatable bonds is 7. The Labute approximate surface area is 165 Å². The lowest BCUT2D eigenvalue weighted by atomic mass is 10.1. The first-order valence-electron chi connectivity index (χ1n) is 8.47.